The van der Waals surface area contributed by atoms with Crippen molar-refractivity contribution < 1.29 is 4.79 Å². The van der Waals surface area contributed by atoms with E-state index in [1.54, 1.807) is 0 Å². The van der Waals surface area contributed by atoms with Gasteiger partial charge in [-0.3, -0.25) is 9.36 Å². The second-order valence-electron chi connectivity index (χ2n) is 8.45. The van der Waals surface area contributed by atoms with Crippen LogP contribution in [0.25, 0.3) is 17.1 Å². The number of rotatable bonds is 6. The quantitative estimate of drug-likeness (QED) is 0.404. The third kappa shape index (κ3) is 5.18. The molecule has 5 nitrogen and oxygen atoms in total. The molecule has 0 radical (unpaired) electrons. The summed E-state index contributed by atoms with van der Waals surface area (Å²) in [4.78, 5) is 14.9. The average molecular weight is 469 g/mol. The molecule has 0 atom stereocenters. The summed E-state index contributed by atoms with van der Waals surface area (Å²) in [5, 5.41) is 10.4. The summed E-state index contributed by atoms with van der Waals surface area (Å²) in [6, 6.07) is 16.0. The van der Waals surface area contributed by atoms with E-state index >= 15 is 0 Å². The van der Waals surface area contributed by atoms with Gasteiger partial charge in [0.25, 0.3) is 0 Å². The third-order valence-electron chi connectivity index (χ3n) is 5.82. The van der Waals surface area contributed by atoms with Crippen molar-refractivity contribution in [3.8, 4) is 17.1 Å². The molecular weight excluding hydrogens is 440 g/mol. The average Bonchev–Trinajstić information content (AvgIpc) is 3.02. The van der Waals surface area contributed by atoms with Crippen molar-refractivity contribution in [2.75, 3.05) is 18.8 Å². The van der Waals surface area contributed by atoms with E-state index in [1.807, 2.05) is 35.2 Å². The molecule has 0 unspecified atom stereocenters. The van der Waals surface area contributed by atoms with Crippen molar-refractivity contribution in [3.05, 3.63) is 59.1 Å². The van der Waals surface area contributed by atoms with Gasteiger partial charge in [0.15, 0.2) is 11.0 Å². The van der Waals surface area contributed by atoms with Gasteiger partial charge in [-0.1, -0.05) is 68.3 Å². The van der Waals surface area contributed by atoms with Crippen LogP contribution >= 0.6 is 23.4 Å². The van der Waals surface area contributed by atoms with Crippen molar-refractivity contribution in [1.29, 1.82) is 0 Å². The summed E-state index contributed by atoms with van der Waals surface area (Å²) in [7, 11) is 0. The van der Waals surface area contributed by atoms with Crippen LogP contribution in [0.15, 0.2) is 53.7 Å². The van der Waals surface area contributed by atoms with E-state index in [-0.39, 0.29) is 5.91 Å². The van der Waals surface area contributed by atoms with Gasteiger partial charge in [0.05, 0.1) is 11.4 Å². The lowest BCUT2D eigenvalue weighted by atomic mass is 10.0. The summed E-state index contributed by atoms with van der Waals surface area (Å²) >= 11 is 7.57. The number of amides is 1. The Balaban J connectivity index is 1.68. The Kier molecular flexibility index (Phi) is 7.53. The third-order valence-corrected chi connectivity index (χ3v) is 6.98. The number of carbonyl (C=O) groups is 1. The Bertz CT molecular complexity index is 1060. The van der Waals surface area contributed by atoms with E-state index in [4.69, 9.17) is 11.6 Å². The highest BCUT2D eigenvalue weighted by molar-refractivity contribution is 7.99. The first-order valence-corrected chi connectivity index (χ1v) is 12.6. The van der Waals surface area contributed by atoms with Crippen molar-refractivity contribution in [3.63, 3.8) is 0 Å². The molecule has 1 amide bonds. The van der Waals surface area contributed by atoms with E-state index < -0.39 is 0 Å². The van der Waals surface area contributed by atoms with Crippen LogP contribution in [0.5, 0.6) is 0 Å². The molecular formula is C25H29ClN4OS. The predicted molar refractivity (Wildman–Crippen MR) is 132 cm³/mol. The SMILES string of the molecule is CC(C)c1ccccc1-n1c(SCC(=O)N2CCCCCC2)nnc1-c1ccc(Cl)cc1. The molecule has 2 aromatic carbocycles. The first-order chi connectivity index (χ1) is 15.5. The zero-order valence-corrected chi connectivity index (χ0v) is 20.2. The van der Waals surface area contributed by atoms with Gasteiger partial charge in [0, 0.05) is 23.7 Å². The summed E-state index contributed by atoms with van der Waals surface area (Å²) in [5.41, 5.74) is 3.19. The van der Waals surface area contributed by atoms with Crippen molar-refractivity contribution in [1.82, 2.24) is 19.7 Å². The van der Waals surface area contributed by atoms with Crippen molar-refractivity contribution in [2.45, 2.75) is 50.6 Å². The fraction of sp³-hybridized carbons (Fsp3) is 0.400. The summed E-state index contributed by atoms with van der Waals surface area (Å²) in [6.07, 6.45) is 4.60. The fourth-order valence-electron chi connectivity index (χ4n) is 4.08. The van der Waals surface area contributed by atoms with Crippen LogP contribution in [0.3, 0.4) is 0 Å². The molecule has 0 aliphatic carbocycles. The van der Waals surface area contributed by atoms with Gasteiger partial charge in [0.1, 0.15) is 0 Å². The number of para-hydroxylation sites is 1. The summed E-state index contributed by atoms with van der Waals surface area (Å²) < 4.78 is 2.08. The van der Waals surface area contributed by atoms with Gasteiger partial charge in [-0.15, -0.1) is 10.2 Å². The highest BCUT2D eigenvalue weighted by Crippen LogP contribution is 2.32. The standard InChI is InChI=1S/C25H29ClN4OS/c1-18(2)21-9-5-6-10-22(21)30-24(19-11-13-20(26)14-12-19)27-28-25(30)32-17-23(31)29-15-7-3-4-8-16-29/h5-6,9-14,18H,3-4,7-8,15-17H2,1-2H3. The smallest absolute Gasteiger partial charge is 0.233 e. The lowest BCUT2D eigenvalue weighted by molar-refractivity contribution is -0.128. The Hall–Kier alpha value is -2.31. The van der Waals surface area contributed by atoms with E-state index in [0.29, 0.717) is 16.7 Å². The molecule has 1 aliphatic rings. The predicted octanol–water partition coefficient (Wildman–Crippen LogP) is 6.21. The number of aromatic nitrogens is 3. The Morgan fingerprint density at radius 3 is 2.38 bits per heavy atom. The topological polar surface area (TPSA) is 51.0 Å². The number of hydrogen-bond donors (Lipinski definition) is 0. The van der Waals surface area contributed by atoms with E-state index in [1.165, 1.54) is 30.2 Å². The molecule has 1 fully saturated rings. The molecule has 0 saturated carbocycles. The highest BCUT2D eigenvalue weighted by Gasteiger charge is 2.22. The van der Waals surface area contributed by atoms with E-state index in [0.717, 1.165) is 48.2 Å². The van der Waals surface area contributed by atoms with Gasteiger partial charge in [0.2, 0.25) is 5.91 Å². The second-order valence-corrected chi connectivity index (χ2v) is 9.82. The van der Waals surface area contributed by atoms with Gasteiger partial charge in [-0.2, -0.15) is 0 Å². The van der Waals surface area contributed by atoms with Crippen LogP contribution in [0.1, 0.15) is 51.0 Å². The normalized spacial score (nSPS) is 14.6. The molecule has 1 aromatic heterocycles. The monoisotopic (exact) mass is 468 g/mol. The van der Waals surface area contributed by atoms with Crippen LogP contribution in [-0.2, 0) is 4.79 Å². The molecule has 0 bridgehead atoms. The van der Waals surface area contributed by atoms with E-state index in [9.17, 15) is 4.79 Å². The maximum atomic E-state index is 12.9. The molecule has 0 spiro atoms. The highest BCUT2D eigenvalue weighted by atomic mass is 35.5. The zero-order valence-electron chi connectivity index (χ0n) is 18.6. The first-order valence-electron chi connectivity index (χ1n) is 11.3. The minimum atomic E-state index is 0.177. The molecule has 3 aromatic rings. The van der Waals surface area contributed by atoms with Gasteiger partial charge in [-0.25, -0.2) is 0 Å². The number of halogens is 1. The Morgan fingerprint density at radius 1 is 1.00 bits per heavy atom. The molecule has 7 heteroatoms. The maximum absolute atomic E-state index is 12.9. The molecule has 0 N–H and O–H groups in total. The van der Waals surface area contributed by atoms with Crippen LogP contribution in [-0.4, -0.2) is 44.4 Å². The van der Waals surface area contributed by atoms with Crippen LogP contribution < -0.4 is 0 Å². The minimum absolute atomic E-state index is 0.177. The lowest BCUT2D eigenvalue weighted by Gasteiger charge is -2.20. The lowest BCUT2D eigenvalue weighted by Crippen LogP contribution is -2.33. The Morgan fingerprint density at radius 2 is 1.69 bits per heavy atom. The summed E-state index contributed by atoms with van der Waals surface area (Å²) in [5.74, 6) is 1.63. The van der Waals surface area contributed by atoms with Gasteiger partial charge >= 0.3 is 0 Å². The number of thioether (sulfide) groups is 1. The number of likely N-dealkylation sites (tertiary alicyclic amines) is 1. The van der Waals surface area contributed by atoms with E-state index in [2.05, 4.69) is 46.8 Å². The van der Waals surface area contributed by atoms with Crippen LogP contribution in [0.4, 0.5) is 0 Å². The minimum Gasteiger partial charge on any atom is -0.342 e. The molecule has 32 heavy (non-hydrogen) atoms. The summed E-state index contributed by atoms with van der Waals surface area (Å²) in [6.45, 7) is 6.08. The fourth-order valence-corrected chi connectivity index (χ4v) is 5.06. The van der Waals surface area contributed by atoms with Crippen molar-refractivity contribution in [2.24, 2.45) is 0 Å². The number of nitrogens with zero attached hydrogens (tertiary/aromatic N) is 4. The zero-order chi connectivity index (χ0) is 22.5. The van der Waals surface area contributed by atoms with Crippen LogP contribution in [0, 0.1) is 0 Å². The molecule has 1 aliphatic heterocycles. The van der Waals surface area contributed by atoms with Crippen molar-refractivity contribution >= 4 is 29.3 Å². The van der Waals surface area contributed by atoms with Crippen LogP contribution in [0.2, 0.25) is 5.02 Å². The number of carbonyl (C=O) groups excluding carboxylic acids is 1. The molecule has 4 rings (SSSR count). The molecule has 2 heterocycles. The largest absolute Gasteiger partial charge is 0.342 e. The molecule has 168 valence electrons. The Labute approximate surface area is 199 Å². The molecule has 1 saturated heterocycles. The first kappa shape index (κ1) is 22.9. The maximum Gasteiger partial charge on any atom is 0.233 e. The van der Waals surface area contributed by atoms with Gasteiger partial charge in [-0.05, 0) is 54.7 Å². The van der Waals surface area contributed by atoms with Gasteiger partial charge < -0.3 is 4.90 Å². The second kappa shape index (κ2) is 10.5. The number of benzene rings is 2. The number of hydrogen-bond acceptors (Lipinski definition) is 4.